The van der Waals surface area contributed by atoms with Gasteiger partial charge in [-0.25, -0.2) is 15.0 Å². The molecule has 1 aliphatic rings. The lowest BCUT2D eigenvalue weighted by atomic mass is 9.94. The van der Waals surface area contributed by atoms with Gasteiger partial charge in [0, 0.05) is 43.5 Å². The first-order chi connectivity index (χ1) is 10.3. The third-order valence-electron chi connectivity index (χ3n) is 3.98. The van der Waals surface area contributed by atoms with Crippen molar-refractivity contribution in [3.8, 4) is 0 Å². The smallest absolute Gasteiger partial charge is 0.132 e. The molecule has 3 rings (SSSR count). The summed E-state index contributed by atoms with van der Waals surface area (Å²) in [4.78, 5) is 15.6. The van der Waals surface area contributed by atoms with Crippen molar-refractivity contribution >= 4 is 11.6 Å². The molecular weight excluding hydrogens is 262 g/mol. The summed E-state index contributed by atoms with van der Waals surface area (Å²) >= 11 is 0. The summed E-state index contributed by atoms with van der Waals surface area (Å²) in [5.41, 5.74) is 2.18. The van der Waals surface area contributed by atoms with Crippen LogP contribution in [0, 0.1) is 6.92 Å². The fourth-order valence-corrected chi connectivity index (χ4v) is 2.86. The molecule has 1 saturated heterocycles. The highest BCUT2D eigenvalue weighted by Crippen LogP contribution is 2.28. The van der Waals surface area contributed by atoms with Crippen LogP contribution in [-0.2, 0) is 0 Å². The average molecular weight is 283 g/mol. The van der Waals surface area contributed by atoms with E-state index in [0.717, 1.165) is 36.1 Å². The maximum absolute atomic E-state index is 4.69. The van der Waals surface area contributed by atoms with E-state index in [2.05, 4.69) is 38.4 Å². The molecule has 0 spiro atoms. The summed E-state index contributed by atoms with van der Waals surface area (Å²) in [7, 11) is 1.91. The van der Waals surface area contributed by atoms with Gasteiger partial charge in [0.25, 0.3) is 0 Å². The maximum atomic E-state index is 4.69. The van der Waals surface area contributed by atoms with E-state index in [4.69, 9.17) is 4.98 Å². The van der Waals surface area contributed by atoms with Crippen molar-refractivity contribution in [2.75, 3.05) is 30.4 Å². The third-order valence-corrected chi connectivity index (χ3v) is 3.98. The standard InChI is InChI=1S/C16H21N5/c1-12-9-16(19-11-18-12)21-8-4-5-13(10-21)14-6-3-7-15(17-2)20-14/h3,6-7,9,11,13H,4-5,8,10H2,1-2H3,(H,17,20). The van der Waals surface area contributed by atoms with Gasteiger partial charge in [-0.05, 0) is 31.9 Å². The minimum atomic E-state index is 0.460. The predicted octanol–water partition coefficient (Wildman–Crippen LogP) is 2.61. The van der Waals surface area contributed by atoms with Crippen molar-refractivity contribution in [2.24, 2.45) is 0 Å². The second kappa shape index (κ2) is 6.08. The van der Waals surface area contributed by atoms with Gasteiger partial charge in [0.2, 0.25) is 0 Å². The van der Waals surface area contributed by atoms with E-state index < -0.39 is 0 Å². The van der Waals surface area contributed by atoms with Gasteiger partial charge < -0.3 is 10.2 Å². The highest BCUT2D eigenvalue weighted by atomic mass is 15.2. The van der Waals surface area contributed by atoms with Gasteiger partial charge >= 0.3 is 0 Å². The number of nitrogens with one attached hydrogen (secondary N) is 1. The number of anilines is 2. The van der Waals surface area contributed by atoms with Crippen LogP contribution >= 0.6 is 0 Å². The Hall–Kier alpha value is -2.17. The van der Waals surface area contributed by atoms with Gasteiger partial charge in [0.15, 0.2) is 0 Å². The minimum absolute atomic E-state index is 0.460. The van der Waals surface area contributed by atoms with Gasteiger partial charge in [-0.2, -0.15) is 0 Å². The minimum Gasteiger partial charge on any atom is -0.373 e. The van der Waals surface area contributed by atoms with Gasteiger partial charge in [-0.15, -0.1) is 0 Å². The van der Waals surface area contributed by atoms with Crippen LogP contribution in [0.5, 0.6) is 0 Å². The largest absolute Gasteiger partial charge is 0.373 e. The molecule has 0 aromatic carbocycles. The molecule has 0 bridgehead atoms. The van der Waals surface area contributed by atoms with Crippen LogP contribution in [0.1, 0.15) is 30.1 Å². The number of pyridine rings is 1. The number of aromatic nitrogens is 3. The first-order valence-corrected chi connectivity index (χ1v) is 7.44. The third kappa shape index (κ3) is 3.12. The van der Waals surface area contributed by atoms with Crippen molar-refractivity contribution < 1.29 is 0 Å². The van der Waals surface area contributed by atoms with Crippen molar-refractivity contribution in [3.05, 3.63) is 42.0 Å². The van der Waals surface area contributed by atoms with Crippen molar-refractivity contribution in [1.29, 1.82) is 0 Å². The summed E-state index contributed by atoms with van der Waals surface area (Å²) in [5.74, 6) is 2.42. The second-order valence-electron chi connectivity index (χ2n) is 5.50. The molecule has 1 atom stereocenters. The Morgan fingerprint density at radius 2 is 2.19 bits per heavy atom. The van der Waals surface area contributed by atoms with E-state index in [1.54, 1.807) is 6.33 Å². The molecule has 1 unspecified atom stereocenters. The molecule has 21 heavy (non-hydrogen) atoms. The molecule has 2 aromatic rings. The lowest BCUT2D eigenvalue weighted by Crippen LogP contribution is -2.35. The van der Waals surface area contributed by atoms with E-state index in [1.807, 2.05) is 20.0 Å². The zero-order valence-corrected chi connectivity index (χ0v) is 12.6. The molecule has 0 radical (unpaired) electrons. The molecule has 0 saturated carbocycles. The normalized spacial score (nSPS) is 18.6. The van der Waals surface area contributed by atoms with E-state index in [0.29, 0.717) is 5.92 Å². The molecule has 1 aliphatic heterocycles. The molecule has 0 aliphatic carbocycles. The quantitative estimate of drug-likeness (QED) is 0.938. The van der Waals surface area contributed by atoms with E-state index >= 15 is 0 Å². The van der Waals surface area contributed by atoms with Gasteiger partial charge in [-0.3, -0.25) is 0 Å². The van der Waals surface area contributed by atoms with Crippen LogP contribution in [0.15, 0.2) is 30.6 Å². The molecule has 0 amide bonds. The molecular formula is C16H21N5. The summed E-state index contributed by atoms with van der Waals surface area (Å²) in [6.45, 7) is 4.03. The van der Waals surface area contributed by atoms with Crippen molar-refractivity contribution in [3.63, 3.8) is 0 Å². The number of rotatable bonds is 3. The zero-order chi connectivity index (χ0) is 14.7. The fraction of sp³-hybridized carbons (Fsp3) is 0.438. The molecule has 1 N–H and O–H groups in total. The van der Waals surface area contributed by atoms with Crippen LogP contribution in [0.3, 0.4) is 0 Å². The number of aryl methyl sites for hydroxylation is 1. The number of hydrogen-bond donors (Lipinski definition) is 1. The summed E-state index contributed by atoms with van der Waals surface area (Å²) in [5, 5.41) is 3.11. The maximum Gasteiger partial charge on any atom is 0.132 e. The van der Waals surface area contributed by atoms with Gasteiger partial charge in [0.05, 0.1) is 0 Å². The van der Waals surface area contributed by atoms with Crippen LogP contribution in [0.4, 0.5) is 11.6 Å². The molecule has 1 fully saturated rings. The van der Waals surface area contributed by atoms with Crippen LogP contribution in [0.2, 0.25) is 0 Å². The van der Waals surface area contributed by atoms with E-state index in [1.165, 1.54) is 12.8 Å². The van der Waals surface area contributed by atoms with Gasteiger partial charge in [0.1, 0.15) is 18.0 Å². The Morgan fingerprint density at radius 3 is 3.00 bits per heavy atom. The van der Waals surface area contributed by atoms with E-state index in [9.17, 15) is 0 Å². The number of hydrogen-bond acceptors (Lipinski definition) is 5. The molecule has 2 aromatic heterocycles. The Bertz CT molecular complexity index is 613. The summed E-state index contributed by atoms with van der Waals surface area (Å²) in [6, 6.07) is 8.25. The summed E-state index contributed by atoms with van der Waals surface area (Å²) < 4.78 is 0. The predicted molar refractivity (Wildman–Crippen MR) is 84.7 cm³/mol. The first-order valence-electron chi connectivity index (χ1n) is 7.44. The number of piperidine rings is 1. The molecule has 5 nitrogen and oxygen atoms in total. The van der Waals surface area contributed by atoms with Gasteiger partial charge in [-0.1, -0.05) is 6.07 Å². The molecule has 110 valence electrons. The Labute approximate surface area is 125 Å². The van der Waals surface area contributed by atoms with Crippen molar-refractivity contribution in [2.45, 2.75) is 25.7 Å². The molecule has 5 heteroatoms. The van der Waals surface area contributed by atoms with Crippen LogP contribution < -0.4 is 10.2 Å². The van der Waals surface area contributed by atoms with Crippen LogP contribution in [-0.4, -0.2) is 35.1 Å². The SMILES string of the molecule is CNc1cccc(C2CCCN(c3cc(C)ncn3)C2)n1. The topological polar surface area (TPSA) is 53.9 Å². The van der Waals surface area contributed by atoms with E-state index in [-0.39, 0.29) is 0 Å². The lowest BCUT2D eigenvalue weighted by molar-refractivity contribution is 0.498. The fourth-order valence-electron chi connectivity index (χ4n) is 2.86. The molecule has 3 heterocycles. The highest BCUT2D eigenvalue weighted by molar-refractivity contribution is 5.41. The number of nitrogens with zero attached hydrogens (tertiary/aromatic N) is 4. The Balaban J connectivity index is 1.79. The highest BCUT2D eigenvalue weighted by Gasteiger charge is 2.23. The monoisotopic (exact) mass is 283 g/mol. The first kappa shape index (κ1) is 13.8. The second-order valence-corrected chi connectivity index (χ2v) is 5.50. The Kier molecular flexibility index (Phi) is 3.99. The lowest BCUT2D eigenvalue weighted by Gasteiger charge is -2.33. The van der Waals surface area contributed by atoms with Crippen molar-refractivity contribution in [1.82, 2.24) is 15.0 Å². The Morgan fingerprint density at radius 1 is 1.29 bits per heavy atom. The van der Waals surface area contributed by atoms with Crippen LogP contribution in [0.25, 0.3) is 0 Å². The summed E-state index contributed by atoms with van der Waals surface area (Å²) in [6.07, 6.45) is 3.99. The average Bonchev–Trinajstić information content (AvgIpc) is 2.55. The zero-order valence-electron chi connectivity index (χ0n) is 12.6.